The molecule has 2 heterocycles. The van der Waals surface area contributed by atoms with Crippen LogP contribution in [0.5, 0.6) is 0 Å². The van der Waals surface area contributed by atoms with Crippen LogP contribution in [0.25, 0.3) is 11.1 Å². The first-order valence-electron chi connectivity index (χ1n) is 10.1. The van der Waals surface area contributed by atoms with Gasteiger partial charge in [0.1, 0.15) is 49.5 Å². The molecule has 170 valence electrons. The Labute approximate surface area is 195 Å². The minimum atomic E-state index is 0.340. The molecular weight excluding hydrogens is 444 g/mol. The second-order valence-electron chi connectivity index (χ2n) is 6.48. The van der Waals surface area contributed by atoms with Crippen molar-refractivity contribution >= 4 is 37.9 Å². The number of rotatable bonds is 17. The minimum absolute atomic E-state index is 0.340. The molecule has 0 unspecified atom stereocenters. The van der Waals surface area contributed by atoms with Gasteiger partial charge < -0.3 is 27.8 Å². The van der Waals surface area contributed by atoms with Crippen molar-refractivity contribution in [1.82, 2.24) is 0 Å². The molecule has 0 bridgehead atoms. The molecule has 0 atom stereocenters. The molecule has 0 amide bonds. The fourth-order valence-electron chi connectivity index (χ4n) is 2.79. The summed E-state index contributed by atoms with van der Waals surface area (Å²) in [5.74, 6) is 4.86. The van der Waals surface area contributed by atoms with Crippen LogP contribution in [-0.2, 0) is 45.4 Å². The van der Waals surface area contributed by atoms with Crippen LogP contribution in [-0.4, -0.2) is 43.7 Å². The molecule has 0 radical (unpaired) electrons. The van der Waals surface area contributed by atoms with E-state index in [-0.39, 0.29) is 0 Å². The zero-order chi connectivity index (χ0) is 21.6. The van der Waals surface area contributed by atoms with E-state index in [4.69, 9.17) is 27.8 Å². The van der Waals surface area contributed by atoms with Crippen LogP contribution in [0.2, 0.25) is 0 Å². The monoisotopic (exact) mass is 476 g/mol. The van der Waals surface area contributed by atoms with E-state index in [0.717, 1.165) is 40.6 Å². The summed E-state index contributed by atoms with van der Waals surface area (Å²) in [6.45, 7) is 5.85. The number of ether oxygens (including phenoxy) is 4. The maximum Gasteiger partial charge on any atom is 0.137 e. The number of furan rings is 2. The van der Waals surface area contributed by atoms with Gasteiger partial charge in [-0.15, -0.1) is 0 Å². The van der Waals surface area contributed by atoms with Crippen LogP contribution >= 0.6 is 37.9 Å². The second-order valence-corrected chi connectivity index (χ2v) is 7.82. The van der Waals surface area contributed by atoms with Gasteiger partial charge in [-0.1, -0.05) is 6.92 Å². The minimum Gasteiger partial charge on any atom is -0.460 e. The Morgan fingerprint density at radius 3 is 1.43 bits per heavy atom. The van der Waals surface area contributed by atoms with Crippen molar-refractivity contribution in [2.24, 2.45) is 0 Å². The summed E-state index contributed by atoms with van der Waals surface area (Å²) in [7, 11) is 0. The summed E-state index contributed by atoms with van der Waals surface area (Å²) < 4.78 is 34.6. The van der Waals surface area contributed by atoms with E-state index < -0.39 is 0 Å². The van der Waals surface area contributed by atoms with Crippen LogP contribution < -0.4 is 0 Å². The number of hydrogen-bond donors (Lipinski definition) is 3. The largest absolute Gasteiger partial charge is 0.460 e. The Bertz CT molecular complexity index is 655. The van der Waals surface area contributed by atoms with Crippen molar-refractivity contribution in [2.45, 2.75) is 39.8 Å². The Balaban J connectivity index is 2.28. The fourth-order valence-corrected chi connectivity index (χ4v) is 3.18. The first-order chi connectivity index (χ1) is 14.7. The third-order valence-corrected chi connectivity index (χ3v) is 4.57. The van der Waals surface area contributed by atoms with E-state index in [9.17, 15) is 0 Å². The highest BCUT2D eigenvalue weighted by Gasteiger charge is 2.21. The van der Waals surface area contributed by atoms with Gasteiger partial charge in [-0.05, 0) is 18.6 Å². The summed E-state index contributed by atoms with van der Waals surface area (Å²) in [4.78, 5) is 0. The highest BCUT2D eigenvalue weighted by molar-refractivity contribution is 7.80. The molecule has 6 nitrogen and oxygen atoms in total. The van der Waals surface area contributed by atoms with Gasteiger partial charge in [0.25, 0.3) is 0 Å². The zero-order valence-electron chi connectivity index (χ0n) is 17.4. The van der Waals surface area contributed by atoms with Crippen LogP contribution in [0.1, 0.15) is 36.4 Å². The van der Waals surface area contributed by atoms with Crippen molar-refractivity contribution in [2.75, 3.05) is 43.7 Å². The molecular formula is C21H32O6S3. The quantitative estimate of drug-likeness (QED) is 0.225. The molecule has 0 N–H and O–H groups in total. The maximum atomic E-state index is 6.04. The van der Waals surface area contributed by atoms with Crippen molar-refractivity contribution < 1.29 is 27.8 Å². The molecule has 0 fully saturated rings. The Morgan fingerprint density at radius 1 is 0.633 bits per heavy atom. The van der Waals surface area contributed by atoms with Crippen LogP contribution in [0.3, 0.4) is 0 Å². The van der Waals surface area contributed by atoms with Crippen LogP contribution in [0.4, 0.5) is 0 Å². The highest BCUT2D eigenvalue weighted by Crippen LogP contribution is 2.34. The summed E-state index contributed by atoms with van der Waals surface area (Å²) in [5, 5.41) is 0. The van der Waals surface area contributed by atoms with Gasteiger partial charge in [-0.3, -0.25) is 0 Å². The smallest absolute Gasteiger partial charge is 0.137 e. The van der Waals surface area contributed by atoms with E-state index >= 15 is 0 Å². The van der Waals surface area contributed by atoms with E-state index in [1.165, 1.54) is 0 Å². The first kappa shape index (κ1) is 25.7. The lowest BCUT2D eigenvalue weighted by Crippen LogP contribution is -1.98. The van der Waals surface area contributed by atoms with E-state index in [0.29, 0.717) is 70.1 Å². The lowest BCUT2D eigenvalue weighted by atomic mass is 10.1. The molecule has 0 aliphatic carbocycles. The average Bonchev–Trinajstić information content (AvgIpc) is 3.33. The third-order valence-electron chi connectivity index (χ3n) is 4.02. The maximum absolute atomic E-state index is 6.04. The van der Waals surface area contributed by atoms with E-state index in [2.05, 4.69) is 44.8 Å². The van der Waals surface area contributed by atoms with Gasteiger partial charge in [0.05, 0.1) is 19.8 Å². The first-order valence-corrected chi connectivity index (χ1v) is 12.0. The Kier molecular flexibility index (Phi) is 13.1. The highest BCUT2D eigenvalue weighted by atomic mass is 32.1. The molecule has 2 aromatic heterocycles. The van der Waals surface area contributed by atoms with Gasteiger partial charge in [-0.25, -0.2) is 0 Å². The van der Waals surface area contributed by atoms with Gasteiger partial charge in [-0.2, -0.15) is 37.9 Å². The molecule has 0 aliphatic heterocycles. The molecule has 0 aromatic carbocycles. The lowest BCUT2D eigenvalue weighted by Gasteiger charge is -2.05. The topological polar surface area (TPSA) is 63.2 Å². The Morgan fingerprint density at radius 2 is 1.03 bits per heavy atom. The predicted molar refractivity (Wildman–Crippen MR) is 127 cm³/mol. The van der Waals surface area contributed by atoms with Crippen molar-refractivity contribution in [1.29, 1.82) is 0 Å². The molecule has 30 heavy (non-hydrogen) atoms. The molecule has 0 saturated heterocycles. The summed E-state index contributed by atoms with van der Waals surface area (Å²) >= 11 is 12.6. The van der Waals surface area contributed by atoms with Crippen LogP contribution in [0.15, 0.2) is 21.0 Å². The Hall–Kier alpha value is -0.550. The predicted octanol–water partition coefficient (Wildman–Crippen LogP) is 4.81. The fraction of sp³-hybridized carbons (Fsp3) is 0.619. The summed E-state index contributed by atoms with van der Waals surface area (Å²) in [5.41, 5.74) is 1.83. The normalized spacial score (nSPS) is 11.5. The molecule has 0 spiro atoms. The van der Waals surface area contributed by atoms with E-state index in [1.807, 2.05) is 12.1 Å². The second kappa shape index (κ2) is 15.3. The zero-order valence-corrected chi connectivity index (χ0v) is 20.1. The third kappa shape index (κ3) is 8.53. The summed E-state index contributed by atoms with van der Waals surface area (Å²) in [6.07, 6.45) is 0.954. The van der Waals surface area contributed by atoms with Gasteiger partial charge >= 0.3 is 0 Å². The van der Waals surface area contributed by atoms with Crippen LogP contribution in [0, 0.1) is 0 Å². The molecule has 0 saturated carbocycles. The number of thiol groups is 3. The molecule has 9 heteroatoms. The molecule has 2 rings (SSSR count). The van der Waals surface area contributed by atoms with Crippen molar-refractivity contribution in [3.8, 4) is 11.1 Å². The van der Waals surface area contributed by atoms with Gasteiger partial charge in [0.2, 0.25) is 0 Å². The van der Waals surface area contributed by atoms with Crippen molar-refractivity contribution in [3.05, 3.63) is 35.2 Å². The van der Waals surface area contributed by atoms with Gasteiger partial charge in [0, 0.05) is 35.0 Å². The average molecular weight is 477 g/mol. The standard InChI is InChI=1S/C21H32O6S3/c1-2-3-22-12-16-10-18(20(26-16)14-24-5-8-29)19-11-17(13-23-4-7-28)27-21(19)15-25-6-9-30/h10-11,28-30H,2-9,12-15H2,1H3. The lowest BCUT2D eigenvalue weighted by molar-refractivity contribution is 0.0951. The molecule has 2 aromatic rings. The summed E-state index contributed by atoms with van der Waals surface area (Å²) in [6, 6.07) is 3.96. The molecule has 0 aliphatic rings. The van der Waals surface area contributed by atoms with Gasteiger partial charge in [0.15, 0.2) is 0 Å². The SMILES string of the molecule is CCCOCc1cc(-c2cc(COCCS)oc2COCCS)c(COCCS)o1. The number of hydrogen-bond acceptors (Lipinski definition) is 9. The van der Waals surface area contributed by atoms with E-state index in [1.54, 1.807) is 0 Å². The van der Waals surface area contributed by atoms with Crippen molar-refractivity contribution in [3.63, 3.8) is 0 Å².